The molecule has 138 valence electrons. The van der Waals surface area contributed by atoms with Crippen molar-refractivity contribution in [2.24, 2.45) is 0 Å². The molecule has 0 fully saturated rings. The van der Waals surface area contributed by atoms with Crippen LogP contribution in [-0.2, 0) is 6.54 Å². The van der Waals surface area contributed by atoms with Gasteiger partial charge in [-0.05, 0) is 28.5 Å². The molecule has 1 aliphatic rings. The Morgan fingerprint density at radius 3 is 2.68 bits per heavy atom. The highest BCUT2D eigenvalue weighted by Crippen LogP contribution is 2.28. The van der Waals surface area contributed by atoms with Gasteiger partial charge in [-0.2, -0.15) is 0 Å². The average Bonchev–Trinajstić information content (AvgIpc) is 3.31. The molecule has 4 aromatic rings. The summed E-state index contributed by atoms with van der Waals surface area (Å²) in [7, 11) is 2.18. The Morgan fingerprint density at radius 2 is 1.79 bits per heavy atom. The predicted octanol–water partition coefficient (Wildman–Crippen LogP) is 4.89. The molecule has 0 atom stereocenters. The monoisotopic (exact) mass is 366 g/mol. The molecule has 0 aliphatic carbocycles. The number of H-pyrrole nitrogens is 1. The molecule has 0 saturated heterocycles. The number of amidine groups is 1. The molecule has 1 aliphatic heterocycles. The molecule has 3 nitrogen and oxygen atoms in total. The molecule has 3 aromatic carbocycles. The third kappa shape index (κ3) is 2.99. The van der Waals surface area contributed by atoms with Crippen molar-refractivity contribution in [3.63, 3.8) is 0 Å². The second-order valence-corrected chi connectivity index (χ2v) is 7.47. The maximum absolute atomic E-state index is 3.43. The standard InChI is InChI=1S/C25H23N3/c1-27-15-16-28(18-19-7-3-2-4-8-19)24(27)14-12-21-17-26-23-13-11-20-9-5-6-10-22(20)25(21)23/h2-14,17H,15-16,18H2,1H3/p+1. The lowest BCUT2D eigenvalue weighted by Crippen LogP contribution is -2.26. The van der Waals surface area contributed by atoms with Gasteiger partial charge in [0.2, 0.25) is 0 Å². The number of fused-ring (bicyclic) bond motifs is 3. The maximum atomic E-state index is 3.43. The van der Waals surface area contributed by atoms with E-state index < -0.39 is 0 Å². The quantitative estimate of drug-likeness (QED) is 0.510. The van der Waals surface area contributed by atoms with Crippen LogP contribution < -0.4 is 0 Å². The Morgan fingerprint density at radius 1 is 0.964 bits per heavy atom. The number of likely N-dealkylation sites (N-methyl/N-ethyl adjacent to an activating group) is 1. The third-order valence-corrected chi connectivity index (χ3v) is 5.65. The van der Waals surface area contributed by atoms with Gasteiger partial charge in [-0.1, -0.05) is 60.7 Å². The highest BCUT2D eigenvalue weighted by molar-refractivity contribution is 6.11. The number of benzene rings is 3. The van der Waals surface area contributed by atoms with Crippen LogP contribution in [0.5, 0.6) is 0 Å². The molecule has 1 N–H and O–H groups in total. The first-order chi connectivity index (χ1) is 13.8. The summed E-state index contributed by atoms with van der Waals surface area (Å²) in [4.78, 5) is 5.89. The molecule has 3 heteroatoms. The summed E-state index contributed by atoms with van der Waals surface area (Å²) in [6.07, 6.45) is 6.63. The van der Waals surface area contributed by atoms with Gasteiger partial charge in [0.1, 0.15) is 19.6 Å². The molecular weight excluding hydrogens is 342 g/mol. The number of hydrogen-bond donors (Lipinski definition) is 1. The fraction of sp³-hybridized carbons (Fsp3) is 0.160. The summed E-state index contributed by atoms with van der Waals surface area (Å²) >= 11 is 0. The van der Waals surface area contributed by atoms with Crippen molar-refractivity contribution in [2.45, 2.75) is 6.54 Å². The van der Waals surface area contributed by atoms with E-state index in [-0.39, 0.29) is 0 Å². The zero-order valence-electron chi connectivity index (χ0n) is 16.1. The lowest BCUT2D eigenvalue weighted by atomic mass is 10.0. The highest BCUT2D eigenvalue weighted by atomic mass is 15.3. The van der Waals surface area contributed by atoms with E-state index in [4.69, 9.17) is 0 Å². The van der Waals surface area contributed by atoms with Crippen LogP contribution in [-0.4, -0.2) is 40.4 Å². The topological polar surface area (TPSA) is 22.0 Å². The molecule has 0 bridgehead atoms. The van der Waals surface area contributed by atoms with Crippen LogP contribution in [0.25, 0.3) is 27.8 Å². The van der Waals surface area contributed by atoms with Crippen LogP contribution in [0.2, 0.25) is 0 Å². The minimum absolute atomic E-state index is 0.946. The van der Waals surface area contributed by atoms with E-state index in [2.05, 4.69) is 107 Å². The van der Waals surface area contributed by atoms with Crippen LogP contribution in [0.15, 0.2) is 79.0 Å². The molecule has 0 unspecified atom stereocenters. The minimum Gasteiger partial charge on any atom is -0.361 e. The summed E-state index contributed by atoms with van der Waals surface area (Å²) in [5, 5.41) is 3.87. The SMILES string of the molecule is C[N+]1=C(/C=C/c2c[nH]c3ccc4ccccc4c23)N(Cc2ccccc2)CC1. The number of rotatable bonds is 4. The van der Waals surface area contributed by atoms with Crippen LogP contribution in [0.3, 0.4) is 0 Å². The summed E-state index contributed by atoms with van der Waals surface area (Å²) in [6, 6.07) is 23.7. The van der Waals surface area contributed by atoms with Gasteiger partial charge in [0.15, 0.2) is 0 Å². The van der Waals surface area contributed by atoms with Gasteiger partial charge < -0.3 is 4.98 Å². The molecule has 0 saturated carbocycles. The van der Waals surface area contributed by atoms with E-state index in [0.29, 0.717) is 0 Å². The second-order valence-electron chi connectivity index (χ2n) is 7.47. The predicted molar refractivity (Wildman–Crippen MR) is 118 cm³/mol. The summed E-state index contributed by atoms with van der Waals surface area (Å²) in [5.74, 6) is 1.28. The zero-order chi connectivity index (χ0) is 18.9. The molecule has 0 radical (unpaired) electrons. The van der Waals surface area contributed by atoms with Crippen molar-refractivity contribution in [2.75, 3.05) is 20.1 Å². The van der Waals surface area contributed by atoms with Crippen LogP contribution in [0, 0.1) is 0 Å². The van der Waals surface area contributed by atoms with Crippen molar-refractivity contribution in [3.05, 3.63) is 90.1 Å². The van der Waals surface area contributed by atoms with Gasteiger partial charge >= 0.3 is 0 Å². The van der Waals surface area contributed by atoms with E-state index in [0.717, 1.165) is 19.6 Å². The Bertz CT molecular complexity index is 1200. The third-order valence-electron chi connectivity index (χ3n) is 5.65. The molecule has 2 heterocycles. The van der Waals surface area contributed by atoms with Gasteiger partial charge in [0, 0.05) is 28.7 Å². The summed E-state index contributed by atoms with van der Waals surface area (Å²) < 4.78 is 2.34. The molecular formula is C25H24N3+. The average molecular weight is 366 g/mol. The number of aromatic amines is 1. The fourth-order valence-corrected chi connectivity index (χ4v) is 4.16. The summed E-state index contributed by atoms with van der Waals surface area (Å²) in [5.41, 5.74) is 3.77. The van der Waals surface area contributed by atoms with Crippen LogP contribution >= 0.6 is 0 Å². The second kappa shape index (κ2) is 7.01. The number of aromatic nitrogens is 1. The van der Waals surface area contributed by atoms with Crippen molar-refractivity contribution in [3.8, 4) is 0 Å². The molecule has 1 aromatic heterocycles. The Hall–Kier alpha value is -3.33. The van der Waals surface area contributed by atoms with E-state index in [1.807, 2.05) is 0 Å². The van der Waals surface area contributed by atoms with Gasteiger partial charge in [-0.25, -0.2) is 0 Å². The normalized spacial score (nSPS) is 14.8. The van der Waals surface area contributed by atoms with Gasteiger partial charge in [0.25, 0.3) is 5.84 Å². The molecule has 28 heavy (non-hydrogen) atoms. The minimum atomic E-state index is 0.946. The fourth-order valence-electron chi connectivity index (χ4n) is 4.16. The van der Waals surface area contributed by atoms with E-state index in [9.17, 15) is 0 Å². The molecule has 0 spiro atoms. The van der Waals surface area contributed by atoms with Gasteiger partial charge in [-0.15, -0.1) is 0 Å². The first-order valence-corrected chi connectivity index (χ1v) is 9.83. The van der Waals surface area contributed by atoms with E-state index in [1.165, 1.54) is 38.6 Å². The smallest absolute Gasteiger partial charge is 0.272 e. The van der Waals surface area contributed by atoms with Gasteiger partial charge in [-0.3, -0.25) is 9.48 Å². The maximum Gasteiger partial charge on any atom is 0.272 e. The Labute approximate surface area is 165 Å². The van der Waals surface area contributed by atoms with Crippen LogP contribution in [0.4, 0.5) is 0 Å². The first-order valence-electron chi connectivity index (χ1n) is 9.83. The summed E-state index contributed by atoms with van der Waals surface area (Å²) in [6.45, 7) is 3.06. The zero-order valence-corrected chi connectivity index (χ0v) is 16.1. The van der Waals surface area contributed by atoms with Crippen molar-refractivity contribution < 1.29 is 4.58 Å². The first kappa shape index (κ1) is 16.8. The lowest BCUT2D eigenvalue weighted by molar-refractivity contribution is -0.485. The van der Waals surface area contributed by atoms with Crippen molar-refractivity contribution in [1.82, 2.24) is 9.88 Å². The number of nitrogens with zero attached hydrogens (tertiary/aromatic N) is 2. The highest BCUT2D eigenvalue weighted by Gasteiger charge is 2.26. The number of hydrogen-bond acceptors (Lipinski definition) is 1. The Kier molecular flexibility index (Phi) is 4.21. The largest absolute Gasteiger partial charge is 0.361 e. The molecule has 0 amide bonds. The number of nitrogens with one attached hydrogen (secondary N) is 1. The Balaban J connectivity index is 1.50. The van der Waals surface area contributed by atoms with Gasteiger partial charge in [0.05, 0.1) is 7.05 Å². The lowest BCUT2D eigenvalue weighted by Gasteiger charge is -2.11. The van der Waals surface area contributed by atoms with Crippen LogP contribution in [0.1, 0.15) is 11.1 Å². The van der Waals surface area contributed by atoms with E-state index in [1.54, 1.807) is 0 Å². The molecule has 5 rings (SSSR count). The van der Waals surface area contributed by atoms with Crippen molar-refractivity contribution in [1.29, 1.82) is 0 Å². The van der Waals surface area contributed by atoms with Crippen molar-refractivity contribution >= 4 is 33.6 Å². The van der Waals surface area contributed by atoms with E-state index >= 15 is 0 Å².